The first-order valence-corrected chi connectivity index (χ1v) is 9.19. The molecule has 3 N–H and O–H groups in total. The number of nitrogens with two attached hydrogens (primary N) is 1. The molecule has 0 aliphatic heterocycles. The van der Waals surface area contributed by atoms with E-state index in [1.165, 1.54) is 37.8 Å². The summed E-state index contributed by atoms with van der Waals surface area (Å²) < 4.78 is 0. The molecule has 0 bridgehead atoms. The van der Waals surface area contributed by atoms with Crippen LogP contribution in [0.4, 0.5) is 5.69 Å². The highest BCUT2D eigenvalue weighted by Gasteiger charge is 2.18. The summed E-state index contributed by atoms with van der Waals surface area (Å²) in [5.41, 5.74) is 8.12. The van der Waals surface area contributed by atoms with Gasteiger partial charge in [0.2, 0.25) is 0 Å². The van der Waals surface area contributed by atoms with Crippen molar-refractivity contribution >= 4 is 47.7 Å². The van der Waals surface area contributed by atoms with Gasteiger partial charge in [0.05, 0.1) is 16.3 Å². The molecule has 0 radical (unpaired) electrons. The summed E-state index contributed by atoms with van der Waals surface area (Å²) in [4.78, 5) is 16.9. The minimum Gasteiger partial charge on any atom is -0.398 e. The molecule has 3 rings (SSSR count). The van der Waals surface area contributed by atoms with Gasteiger partial charge in [-0.1, -0.05) is 31.4 Å². The predicted octanol–water partition coefficient (Wildman–Crippen LogP) is 4.59. The van der Waals surface area contributed by atoms with Gasteiger partial charge in [0.1, 0.15) is 0 Å². The van der Waals surface area contributed by atoms with Crippen LogP contribution in [0.2, 0.25) is 0 Å². The van der Waals surface area contributed by atoms with Crippen molar-refractivity contribution in [3.8, 4) is 0 Å². The van der Waals surface area contributed by atoms with Gasteiger partial charge in [-0.2, -0.15) is 0 Å². The molecule has 4 nitrogen and oxygen atoms in total. The summed E-state index contributed by atoms with van der Waals surface area (Å²) in [6.07, 6.45) is 7.33. The first-order valence-electron chi connectivity index (χ1n) is 8.31. The maximum Gasteiger partial charge on any atom is 0.253 e. The molecule has 1 amide bonds. The Morgan fingerprint density at radius 3 is 2.64 bits per heavy atom. The number of anilines is 1. The molecule has 0 spiro atoms. The van der Waals surface area contributed by atoms with Crippen LogP contribution in [0.1, 0.15) is 59.1 Å². The average molecular weight is 402 g/mol. The number of para-hydroxylation sites is 1. The van der Waals surface area contributed by atoms with E-state index in [0.29, 0.717) is 23.7 Å². The average Bonchev–Trinajstić information content (AvgIpc) is 3.05. The number of nitrogens with zero attached hydrogens (tertiary/aromatic N) is 1. The first-order chi connectivity index (χ1) is 11.2. The Morgan fingerprint density at radius 1 is 1.20 bits per heavy atom. The third kappa shape index (κ3) is 5.87. The molecule has 1 saturated carbocycles. The van der Waals surface area contributed by atoms with E-state index in [0.717, 1.165) is 11.4 Å². The van der Waals surface area contributed by atoms with Crippen LogP contribution in [-0.2, 0) is 6.42 Å². The largest absolute Gasteiger partial charge is 0.398 e. The molecule has 0 saturated heterocycles. The second-order valence-electron chi connectivity index (χ2n) is 6.09. The number of hydrogen-bond donors (Lipinski definition) is 2. The molecule has 1 aromatic heterocycles. The van der Waals surface area contributed by atoms with Crippen LogP contribution in [0.5, 0.6) is 0 Å². The van der Waals surface area contributed by atoms with Gasteiger partial charge >= 0.3 is 0 Å². The number of rotatable bonds is 5. The number of carbonyl (C=O) groups excluding carboxylic acids is 1. The Kier molecular flexibility index (Phi) is 9.25. The Balaban J connectivity index is 0.00000156. The first kappa shape index (κ1) is 21.7. The van der Waals surface area contributed by atoms with Crippen molar-refractivity contribution in [1.29, 1.82) is 0 Å². The van der Waals surface area contributed by atoms with E-state index in [-0.39, 0.29) is 30.7 Å². The number of halogens is 2. The summed E-state index contributed by atoms with van der Waals surface area (Å²) in [6.45, 7) is 0.588. The van der Waals surface area contributed by atoms with E-state index < -0.39 is 0 Å². The van der Waals surface area contributed by atoms with Crippen LogP contribution in [0.15, 0.2) is 29.6 Å². The van der Waals surface area contributed by atoms with Crippen molar-refractivity contribution in [3.63, 3.8) is 0 Å². The molecule has 1 aliphatic rings. The Labute approximate surface area is 165 Å². The van der Waals surface area contributed by atoms with Gasteiger partial charge < -0.3 is 11.1 Å². The van der Waals surface area contributed by atoms with Gasteiger partial charge in [0.15, 0.2) is 0 Å². The van der Waals surface area contributed by atoms with Crippen molar-refractivity contribution in [3.05, 3.63) is 45.9 Å². The van der Waals surface area contributed by atoms with E-state index in [1.54, 1.807) is 23.5 Å². The molecule has 25 heavy (non-hydrogen) atoms. The topological polar surface area (TPSA) is 68.0 Å². The summed E-state index contributed by atoms with van der Waals surface area (Å²) in [5.74, 6) is 0.527. The van der Waals surface area contributed by atoms with Crippen molar-refractivity contribution in [2.45, 2.75) is 44.4 Å². The second-order valence-corrected chi connectivity index (χ2v) is 7.04. The molecule has 0 unspecified atom stereocenters. The van der Waals surface area contributed by atoms with Gasteiger partial charge in [0.25, 0.3) is 5.91 Å². The van der Waals surface area contributed by atoms with Crippen LogP contribution in [0, 0.1) is 0 Å². The van der Waals surface area contributed by atoms with Crippen molar-refractivity contribution in [2.75, 3.05) is 12.3 Å². The number of carbonyl (C=O) groups is 1. The fourth-order valence-electron chi connectivity index (χ4n) is 3.11. The molecule has 138 valence electrons. The molecular formula is C18H25Cl2N3OS. The van der Waals surface area contributed by atoms with Crippen molar-refractivity contribution in [1.82, 2.24) is 10.3 Å². The zero-order valence-electron chi connectivity index (χ0n) is 14.1. The normalized spacial score (nSPS) is 14.2. The van der Waals surface area contributed by atoms with Crippen molar-refractivity contribution in [2.24, 2.45) is 0 Å². The lowest BCUT2D eigenvalue weighted by atomic mass is 9.87. The lowest BCUT2D eigenvalue weighted by Gasteiger charge is -2.19. The molecular weight excluding hydrogens is 377 g/mol. The third-order valence-electron chi connectivity index (χ3n) is 4.42. The number of nitrogen functional groups attached to an aromatic ring is 1. The van der Waals surface area contributed by atoms with E-state index in [1.807, 2.05) is 12.1 Å². The predicted molar refractivity (Wildman–Crippen MR) is 109 cm³/mol. The van der Waals surface area contributed by atoms with Crippen LogP contribution in [0.25, 0.3) is 0 Å². The fourth-order valence-corrected chi connectivity index (χ4v) is 3.99. The van der Waals surface area contributed by atoms with Gasteiger partial charge in [-0.15, -0.1) is 36.2 Å². The number of amides is 1. The fraction of sp³-hybridized carbons (Fsp3) is 0.444. The van der Waals surface area contributed by atoms with E-state index in [4.69, 9.17) is 10.7 Å². The molecule has 1 heterocycles. The molecule has 0 atom stereocenters. The molecule has 1 aliphatic carbocycles. The van der Waals surface area contributed by atoms with E-state index in [2.05, 4.69) is 10.7 Å². The lowest BCUT2D eigenvalue weighted by molar-refractivity contribution is 0.0955. The van der Waals surface area contributed by atoms with Crippen LogP contribution < -0.4 is 11.1 Å². The van der Waals surface area contributed by atoms with Gasteiger partial charge in [-0.05, 0) is 25.0 Å². The molecule has 1 aromatic carbocycles. The number of benzene rings is 1. The summed E-state index contributed by atoms with van der Waals surface area (Å²) >= 11 is 1.71. The minimum absolute atomic E-state index is 0. The zero-order valence-corrected chi connectivity index (χ0v) is 16.5. The van der Waals surface area contributed by atoms with Gasteiger partial charge in [0, 0.05) is 30.0 Å². The Bertz CT molecular complexity index is 672. The van der Waals surface area contributed by atoms with E-state index in [9.17, 15) is 4.79 Å². The minimum atomic E-state index is -0.118. The number of nitrogens with one attached hydrogen (secondary N) is 1. The highest BCUT2D eigenvalue weighted by molar-refractivity contribution is 7.09. The van der Waals surface area contributed by atoms with Crippen molar-refractivity contribution < 1.29 is 4.79 Å². The molecule has 1 fully saturated rings. The smallest absolute Gasteiger partial charge is 0.253 e. The monoisotopic (exact) mass is 401 g/mol. The number of hydrogen-bond acceptors (Lipinski definition) is 4. The zero-order chi connectivity index (χ0) is 16.1. The highest BCUT2D eigenvalue weighted by Crippen LogP contribution is 2.33. The molecule has 2 aromatic rings. The van der Waals surface area contributed by atoms with Gasteiger partial charge in [-0.25, -0.2) is 4.98 Å². The summed E-state index contributed by atoms with van der Waals surface area (Å²) in [6, 6.07) is 7.14. The van der Waals surface area contributed by atoms with Crippen LogP contribution in [-0.4, -0.2) is 17.4 Å². The SMILES string of the molecule is Cl.Cl.Nc1ccccc1C(=O)NCCc1nc(C2CCCCC2)cs1. The molecule has 7 heteroatoms. The van der Waals surface area contributed by atoms with E-state index >= 15 is 0 Å². The maximum absolute atomic E-state index is 12.1. The lowest BCUT2D eigenvalue weighted by Crippen LogP contribution is -2.26. The van der Waals surface area contributed by atoms with Crippen LogP contribution >= 0.6 is 36.2 Å². The summed E-state index contributed by atoms with van der Waals surface area (Å²) in [7, 11) is 0. The van der Waals surface area contributed by atoms with Crippen LogP contribution in [0.3, 0.4) is 0 Å². The van der Waals surface area contributed by atoms with Gasteiger partial charge in [-0.3, -0.25) is 4.79 Å². The highest BCUT2D eigenvalue weighted by atomic mass is 35.5. The number of thiazole rings is 1. The maximum atomic E-state index is 12.1. The third-order valence-corrected chi connectivity index (χ3v) is 5.35. The Hall–Kier alpha value is -1.30. The summed E-state index contributed by atoms with van der Waals surface area (Å²) in [5, 5.41) is 6.23. The quantitative estimate of drug-likeness (QED) is 0.719. The Morgan fingerprint density at radius 2 is 1.92 bits per heavy atom. The standard InChI is InChI=1S/C18H23N3OS.2ClH/c19-15-9-5-4-8-14(15)18(22)20-11-10-17-21-16(12-23-17)13-6-2-1-3-7-13;;/h4-5,8-9,12-13H,1-3,6-7,10-11,19H2,(H,20,22);2*1H. The second kappa shape index (κ2) is 10.6. The number of aromatic nitrogens is 1.